The molecule has 3 aromatic rings. The molecule has 2 aliphatic heterocycles. The van der Waals surface area contributed by atoms with E-state index in [-0.39, 0.29) is 0 Å². The maximum Gasteiger partial charge on any atom is 0.184 e. The standard InChI is InChI=1S/C28H31NO5/c1-31-28-24(29(17-20-11-5-2-6-12-20)18-21-13-7-3-8-14-21)25(30)26-23(33-28)19-32-27(34-26)22-15-9-4-10-16-22/h2-16,23-28,30H,17-19H2,1H3/t23-,24-,25-,26-,27-,28-/m1/s1. The van der Waals surface area contributed by atoms with Crippen molar-refractivity contribution in [2.45, 2.75) is 50.0 Å². The maximum absolute atomic E-state index is 11.7. The fourth-order valence-electron chi connectivity index (χ4n) is 4.84. The van der Waals surface area contributed by atoms with Crippen molar-refractivity contribution < 1.29 is 24.1 Å². The fourth-order valence-corrected chi connectivity index (χ4v) is 4.84. The molecular weight excluding hydrogens is 430 g/mol. The molecular formula is C28H31NO5. The van der Waals surface area contributed by atoms with Gasteiger partial charge in [0.2, 0.25) is 0 Å². The van der Waals surface area contributed by atoms with Crippen LogP contribution in [0.2, 0.25) is 0 Å². The first-order valence-electron chi connectivity index (χ1n) is 11.7. The van der Waals surface area contributed by atoms with Crippen LogP contribution < -0.4 is 0 Å². The fraction of sp³-hybridized carbons (Fsp3) is 0.357. The van der Waals surface area contributed by atoms with Gasteiger partial charge >= 0.3 is 0 Å². The van der Waals surface area contributed by atoms with E-state index in [0.29, 0.717) is 19.7 Å². The second kappa shape index (κ2) is 10.8. The molecule has 178 valence electrons. The number of rotatable bonds is 7. The zero-order valence-electron chi connectivity index (χ0n) is 19.3. The van der Waals surface area contributed by atoms with E-state index in [2.05, 4.69) is 29.2 Å². The minimum Gasteiger partial charge on any atom is -0.388 e. The second-order valence-corrected chi connectivity index (χ2v) is 8.81. The Morgan fingerprint density at radius 2 is 1.38 bits per heavy atom. The maximum atomic E-state index is 11.7. The number of benzene rings is 3. The number of nitrogens with zero attached hydrogens (tertiary/aromatic N) is 1. The third-order valence-electron chi connectivity index (χ3n) is 6.52. The van der Waals surface area contributed by atoms with Crippen LogP contribution in [0.3, 0.4) is 0 Å². The number of methoxy groups -OCH3 is 1. The predicted molar refractivity (Wildman–Crippen MR) is 128 cm³/mol. The normalized spacial score (nSPS) is 29.0. The van der Waals surface area contributed by atoms with E-state index < -0.39 is 36.9 Å². The summed E-state index contributed by atoms with van der Waals surface area (Å²) in [5, 5.41) is 11.7. The van der Waals surface area contributed by atoms with Gasteiger partial charge in [-0.3, -0.25) is 4.90 Å². The molecule has 2 fully saturated rings. The zero-order valence-corrected chi connectivity index (χ0v) is 19.3. The summed E-state index contributed by atoms with van der Waals surface area (Å²) in [5.74, 6) is 0. The van der Waals surface area contributed by atoms with Crippen LogP contribution in [-0.4, -0.2) is 54.4 Å². The molecule has 6 atom stereocenters. The summed E-state index contributed by atoms with van der Waals surface area (Å²) in [5.41, 5.74) is 3.22. The monoisotopic (exact) mass is 461 g/mol. The molecule has 6 nitrogen and oxygen atoms in total. The van der Waals surface area contributed by atoms with E-state index in [1.54, 1.807) is 7.11 Å². The van der Waals surface area contributed by atoms with Crippen LogP contribution in [0.1, 0.15) is 23.0 Å². The van der Waals surface area contributed by atoms with Gasteiger partial charge in [0.05, 0.1) is 12.6 Å². The molecule has 2 saturated heterocycles. The van der Waals surface area contributed by atoms with Crippen molar-refractivity contribution in [3.8, 4) is 0 Å². The molecule has 0 radical (unpaired) electrons. The first kappa shape index (κ1) is 23.2. The van der Waals surface area contributed by atoms with Crippen LogP contribution in [0.15, 0.2) is 91.0 Å². The lowest BCUT2D eigenvalue weighted by atomic mass is 9.93. The Balaban J connectivity index is 1.42. The van der Waals surface area contributed by atoms with Crippen LogP contribution in [0, 0.1) is 0 Å². The van der Waals surface area contributed by atoms with Gasteiger partial charge in [0.1, 0.15) is 18.3 Å². The Hall–Kier alpha value is -2.58. The highest BCUT2D eigenvalue weighted by Gasteiger charge is 2.51. The van der Waals surface area contributed by atoms with Crippen molar-refractivity contribution in [1.82, 2.24) is 4.90 Å². The molecule has 0 aliphatic carbocycles. The molecule has 3 aromatic carbocycles. The Kier molecular flexibility index (Phi) is 7.35. The summed E-state index contributed by atoms with van der Waals surface area (Å²) >= 11 is 0. The highest BCUT2D eigenvalue weighted by Crippen LogP contribution is 2.36. The van der Waals surface area contributed by atoms with Crippen LogP contribution in [0.4, 0.5) is 0 Å². The van der Waals surface area contributed by atoms with Crippen LogP contribution in [0.5, 0.6) is 0 Å². The number of hydrogen-bond acceptors (Lipinski definition) is 6. The minimum atomic E-state index is -0.828. The van der Waals surface area contributed by atoms with E-state index in [4.69, 9.17) is 18.9 Å². The van der Waals surface area contributed by atoms with Crippen LogP contribution >= 0.6 is 0 Å². The molecule has 34 heavy (non-hydrogen) atoms. The van der Waals surface area contributed by atoms with Crippen molar-refractivity contribution in [2.75, 3.05) is 13.7 Å². The van der Waals surface area contributed by atoms with Gasteiger partial charge in [-0.05, 0) is 11.1 Å². The van der Waals surface area contributed by atoms with Gasteiger partial charge in [-0.15, -0.1) is 0 Å². The smallest absolute Gasteiger partial charge is 0.184 e. The molecule has 0 saturated carbocycles. The number of fused-ring (bicyclic) bond motifs is 1. The molecule has 0 spiro atoms. The van der Waals surface area contributed by atoms with E-state index >= 15 is 0 Å². The molecule has 0 aromatic heterocycles. The topological polar surface area (TPSA) is 60.4 Å². The highest BCUT2D eigenvalue weighted by molar-refractivity contribution is 5.19. The summed E-state index contributed by atoms with van der Waals surface area (Å²) in [7, 11) is 1.62. The first-order chi connectivity index (χ1) is 16.7. The summed E-state index contributed by atoms with van der Waals surface area (Å²) in [6.07, 6.45) is -2.94. The van der Waals surface area contributed by atoms with Gasteiger partial charge in [0, 0.05) is 25.8 Å². The third kappa shape index (κ3) is 5.08. The Bertz CT molecular complexity index is 977. The quantitative estimate of drug-likeness (QED) is 0.576. The van der Waals surface area contributed by atoms with Crippen LogP contribution in [0.25, 0.3) is 0 Å². The van der Waals surface area contributed by atoms with Gasteiger partial charge in [0.25, 0.3) is 0 Å². The molecule has 5 rings (SSSR count). The SMILES string of the molecule is CO[C@@H]1O[C@@H]2CO[C@@H](c3ccccc3)O[C@H]2[C@H](O)[C@H]1N(Cc1ccccc1)Cc1ccccc1. The lowest BCUT2D eigenvalue weighted by Gasteiger charge is -2.50. The number of hydrogen-bond donors (Lipinski definition) is 1. The largest absolute Gasteiger partial charge is 0.388 e. The van der Waals surface area contributed by atoms with E-state index in [1.807, 2.05) is 66.7 Å². The Morgan fingerprint density at radius 3 is 1.94 bits per heavy atom. The lowest BCUT2D eigenvalue weighted by Crippen LogP contribution is -2.66. The molecule has 0 unspecified atom stereocenters. The van der Waals surface area contributed by atoms with Crippen molar-refractivity contribution in [1.29, 1.82) is 0 Å². The second-order valence-electron chi connectivity index (χ2n) is 8.81. The van der Waals surface area contributed by atoms with Gasteiger partial charge in [0.15, 0.2) is 12.6 Å². The number of aliphatic hydroxyl groups is 1. The van der Waals surface area contributed by atoms with Gasteiger partial charge < -0.3 is 24.1 Å². The van der Waals surface area contributed by atoms with Crippen molar-refractivity contribution in [2.24, 2.45) is 0 Å². The number of ether oxygens (including phenoxy) is 4. The molecule has 2 heterocycles. The van der Waals surface area contributed by atoms with Crippen molar-refractivity contribution in [3.63, 3.8) is 0 Å². The zero-order chi connectivity index (χ0) is 23.3. The van der Waals surface area contributed by atoms with Gasteiger partial charge in [-0.2, -0.15) is 0 Å². The lowest BCUT2D eigenvalue weighted by molar-refractivity contribution is -0.351. The Morgan fingerprint density at radius 1 is 0.824 bits per heavy atom. The average Bonchev–Trinajstić information content (AvgIpc) is 2.90. The Labute approximate surface area is 200 Å². The van der Waals surface area contributed by atoms with Crippen molar-refractivity contribution >= 4 is 0 Å². The van der Waals surface area contributed by atoms with Crippen LogP contribution in [-0.2, 0) is 32.0 Å². The average molecular weight is 462 g/mol. The first-order valence-corrected chi connectivity index (χ1v) is 11.7. The summed E-state index contributed by atoms with van der Waals surface area (Å²) in [6.45, 7) is 1.60. The summed E-state index contributed by atoms with van der Waals surface area (Å²) in [6, 6.07) is 29.9. The summed E-state index contributed by atoms with van der Waals surface area (Å²) < 4.78 is 24.3. The molecule has 1 N–H and O–H groups in total. The van der Waals surface area contributed by atoms with Gasteiger partial charge in [-0.25, -0.2) is 0 Å². The molecule has 0 bridgehead atoms. The van der Waals surface area contributed by atoms with E-state index in [9.17, 15) is 5.11 Å². The van der Waals surface area contributed by atoms with Gasteiger partial charge in [-0.1, -0.05) is 91.0 Å². The minimum absolute atomic E-state index is 0.325. The number of aliphatic hydroxyl groups excluding tert-OH is 1. The molecule has 0 amide bonds. The third-order valence-corrected chi connectivity index (χ3v) is 6.52. The van der Waals surface area contributed by atoms with E-state index in [1.165, 1.54) is 0 Å². The molecule has 6 heteroatoms. The highest BCUT2D eigenvalue weighted by atomic mass is 16.7. The van der Waals surface area contributed by atoms with E-state index in [0.717, 1.165) is 16.7 Å². The predicted octanol–water partition coefficient (Wildman–Crippen LogP) is 3.90. The van der Waals surface area contributed by atoms with Crippen molar-refractivity contribution in [3.05, 3.63) is 108 Å². The summed E-state index contributed by atoms with van der Waals surface area (Å²) in [4.78, 5) is 2.22. The molecule has 2 aliphatic rings.